The summed E-state index contributed by atoms with van der Waals surface area (Å²) in [5.41, 5.74) is 0.115. The summed E-state index contributed by atoms with van der Waals surface area (Å²) >= 11 is 1.59. The van der Waals surface area contributed by atoms with E-state index in [2.05, 4.69) is 16.4 Å². The molecule has 0 aliphatic heterocycles. The maximum atomic E-state index is 12.8. The summed E-state index contributed by atoms with van der Waals surface area (Å²) in [6.07, 6.45) is 6.36. The number of aromatic nitrogens is 2. The molecule has 1 N–H and O–H groups in total. The smallest absolute Gasteiger partial charge is 0.262 e. The predicted octanol–water partition coefficient (Wildman–Crippen LogP) is 1.76. The molecule has 1 unspecified atom stereocenters. The van der Waals surface area contributed by atoms with Gasteiger partial charge in [-0.1, -0.05) is 0 Å². The molecule has 0 radical (unpaired) electrons. The zero-order chi connectivity index (χ0) is 16.9. The lowest BCUT2D eigenvalue weighted by molar-refractivity contribution is -0.123. The van der Waals surface area contributed by atoms with E-state index in [4.69, 9.17) is 0 Å². The zero-order valence-corrected chi connectivity index (χ0v) is 14.3. The minimum absolute atomic E-state index is 0.101. The monoisotopic (exact) mass is 342 g/mol. The Morgan fingerprint density at radius 3 is 3.04 bits per heavy atom. The molecule has 2 aliphatic carbocycles. The average Bonchev–Trinajstić information content (AvgIpc) is 3.22. The van der Waals surface area contributed by atoms with Crippen LogP contribution in [-0.2, 0) is 24.2 Å². The number of nitrogens with zero attached hydrogens (tertiary/aromatic N) is 3. The Kier molecular flexibility index (Phi) is 3.46. The molecule has 1 atom stereocenters. The van der Waals surface area contributed by atoms with Gasteiger partial charge in [0.05, 0.1) is 17.8 Å². The van der Waals surface area contributed by atoms with Crippen LogP contribution in [0.4, 0.5) is 0 Å². The van der Waals surface area contributed by atoms with Crippen LogP contribution >= 0.6 is 11.3 Å². The number of nitrogens with one attached hydrogen (secondary N) is 1. The molecule has 0 aromatic carbocycles. The highest BCUT2D eigenvalue weighted by molar-refractivity contribution is 7.18. The molecule has 0 spiro atoms. The third-order valence-corrected chi connectivity index (χ3v) is 6.23. The molecule has 0 saturated heterocycles. The van der Waals surface area contributed by atoms with Crippen LogP contribution in [0.2, 0.25) is 0 Å². The number of hydrogen-bond acceptors (Lipinski definition) is 5. The van der Waals surface area contributed by atoms with E-state index in [0.29, 0.717) is 5.39 Å². The normalized spacial score (nSPS) is 18.8. The van der Waals surface area contributed by atoms with Gasteiger partial charge in [-0.15, -0.1) is 11.3 Å². The van der Waals surface area contributed by atoms with E-state index < -0.39 is 5.54 Å². The predicted molar refractivity (Wildman–Crippen MR) is 90.8 cm³/mol. The number of rotatable bonds is 4. The van der Waals surface area contributed by atoms with Crippen LogP contribution in [0.3, 0.4) is 0 Å². The van der Waals surface area contributed by atoms with Gasteiger partial charge < -0.3 is 5.32 Å². The summed E-state index contributed by atoms with van der Waals surface area (Å²) in [6, 6.07) is 2.20. The standard InChI is InChI=1S/C17H18N4O2S/c1-17(8-18,10-5-6-10)20-13(22)7-21-9-19-15-14(16(21)23)11-3-2-4-12(11)24-15/h9-10H,2-7H2,1H3,(H,20,22). The van der Waals surface area contributed by atoms with E-state index in [9.17, 15) is 14.9 Å². The topological polar surface area (TPSA) is 87.8 Å². The lowest BCUT2D eigenvalue weighted by atomic mass is 9.98. The van der Waals surface area contributed by atoms with E-state index in [0.717, 1.165) is 42.5 Å². The van der Waals surface area contributed by atoms with Crippen LogP contribution < -0.4 is 10.9 Å². The van der Waals surface area contributed by atoms with E-state index in [1.807, 2.05) is 0 Å². The van der Waals surface area contributed by atoms with Crippen molar-refractivity contribution in [3.8, 4) is 6.07 Å². The van der Waals surface area contributed by atoms with Gasteiger partial charge in [0.15, 0.2) is 0 Å². The number of thiophene rings is 1. The number of carbonyl (C=O) groups is 1. The summed E-state index contributed by atoms with van der Waals surface area (Å²) in [5, 5.41) is 12.8. The highest BCUT2D eigenvalue weighted by Gasteiger charge is 2.43. The Balaban J connectivity index is 1.61. The molecule has 124 valence electrons. The van der Waals surface area contributed by atoms with Crippen LogP contribution in [0.25, 0.3) is 10.2 Å². The average molecular weight is 342 g/mol. The first-order chi connectivity index (χ1) is 11.5. The van der Waals surface area contributed by atoms with Gasteiger partial charge in [-0.3, -0.25) is 14.2 Å². The molecule has 1 saturated carbocycles. The van der Waals surface area contributed by atoms with Gasteiger partial charge in [-0.05, 0) is 50.5 Å². The number of amides is 1. The fourth-order valence-corrected chi connectivity index (χ4v) is 4.72. The van der Waals surface area contributed by atoms with Gasteiger partial charge in [0.2, 0.25) is 5.91 Å². The summed E-state index contributed by atoms with van der Waals surface area (Å²) < 4.78 is 1.35. The van der Waals surface area contributed by atoms with Crippen molar-refractivity contribution >= 4 is 27.5 Å². The van der Waals surface area contributed by atoms with Gasteiger partial charge in [0.25, 0.3) is 5.56 Å². The molecule has 2 aliphatic rings. The van der Waals surface area contributed by atoms with Gasteiger partial charge in [0, 0.05) is 4.88 Å². The molecule has 0 bridgehead atoms. The third-order valence-electron chi connectivity index (χ3n) is 5.03. The maximum absolute atomic E-state index is 12.8. The zero-order valence-electron chi connectivity index (χ0n) is 13.5. The second kappa shape index (κ2) is 5.42. The molecule has 24 heavy (non-hydrogen) atoms. The first-order valence-electron chi connectivity index (χ1n) is 8.24. The minimum atomic E-state index is -0.845. The molecule has 7 heteroatoms. The Labute approximate surface area is 143 Å². The van der Waals surface area contributed by atoms with Crippen molar-refractivity contribution in [3.63, 3.8) is 0 Å². The third kappa shape index (κ3) is 2.42. The molecule has 6 nitrogen and oxygen atoms in total. The summed E-state index contributed by atoms with van der Waals surface area (Å²) in [5.74, 6) is -0.106. The van der Waals surface area contributed by atoms with Crippen LogP contribution in [-0.4, -0.2) is 21.0 Å². The molecule has 2 heterocycles. The van der Waals surface area contributed by atoms with Crippen molar-refractivity contribution < 1.29 is 4.79 Å². The van der Waals surface area contributed by atoms with Crippen molar-refractivity contribution in [1.29, 1.82) is 5.26 Å². The molecular formula is C17H18N4O2S. The van der Waals surface area contributed by atoms with Crippen molar-refractivity contribution in [3.05, 3.63) is 27.1 Å². The number of hydrogen-bond donors (Lipinski definition) is 1. The van der Waals surface area contributed by atoms with Crippen LogP contribution in [0.1, 0.15) is 36.6 Å². The van der Waals surface area contributed by atoms with Gasteiger partial charge in [-0.2, -0.15) is 5.26 Å². The second-order valence-corrected chi connectivity index (χ2v) is 7.94. The van der Waals surface area contributed by atoms with Gasteiger partial charge in [0.1, 0.15) is 16.9 Å². The Bertz CT molecular complexity index is 934. The van der Waals surface area contributed by atoms with Crippen LogP contribution in [0, 0.1) is 17.2 Å². The summed E-state index contributed by atoms with van der Waals surface area (Å²) in [7, 11) is 0. The first kappa shape index (κ1) is 15.3. The Morgan fingerprint density at radius 2 is 2.33 bits per heavy atom. The highest BCUT2D eigenvalue weighted by atomic mass is 32.1. The van der Waals surface area contributed by atoms with E-state index in [1.165, 1.54) is 15.8 Å². The second-order valence-electron chi connectivity index (χ2n) is 6.85. The van der Waals surface area contributed by atoms with Crippen molar-refractivity contribution in [2.45, 2.75) is 51.1 Å². The van der Waals surface area contributed by atoms with Gasteiger partial charge >= 0.3 is 0 Å². The largest absolute Gasteiger partial charge is 0.336 e. The lowest BCUT2D eigenvalue weighted by Gasteiger charge is -2.23. The molecule has 2 aromatic rings. The minimum Gasteiger partial charge on any atom is -0.336 e. The van der Waals surface area contributed by atoms with Gasteiger partial charge in [-0.25, -0.2) is 4.98 Å². The molecule has 2 aromatic heterocycles. The van der Waals surface area contributed by atoms with Crippen LogP contribution in [0.5, 0.6) is 0 Å². The van der Waals surface area contributed by atoms with Crippen molar-refractivity contribution in [2.24, 2.45) is 5.92 Å². The Morgan fingerprint density at radius 1 is 1.54 bits per heavy atom. The fraction of sp³-hybridized carbons (Fsp3) is 0.529. The highest BCUT2D eigenvalue weighted by Crippen LogP contribution is 2.39. The molecule has 4 rings (SSSR count). The molecule has 1 fully saturated rings. The fourth-order valence-electron chi connectivity index (χ4n) is 3.50. The number of fused-ring (bicyclic) bond motifs is 3. The summed E-state index contributed by atoms with van der Waals surface area (Å²) in [4.78, 5) is 31.5. The van der Waals surface area contributed by atoms with Crippen molar-refractivity contribution in [1.82, 2.24) is 14.9 Å². The van der Waals surface area contributed by atoms with E-state index in [1.54, 1.807) is 18.3 Å². The first-order valence-corrected chi connectivity index (χ1v) is 9.05. The lowest BCUT2D eigenvalue weighted by Crippen LogP contribution is -2.48. The summed E-state index contributed by atoms with van der Waals surface area (Å²) in [6.45, 7) is 1.65. The Hall–Kier alpha value is -2.20. The number of carbonyl (C=O) groups excluding carboxylic acids is 1. The quantitative estimate of drug-likeness (QED) is 0.917. The van der Waals surface area contributed by atoms with E-state index in [-0.39, 0.29) is 23.9 Å². The molecular weight excluding hydrogens is 324 g/mol. The SMILES string of the molecule is CC(C#N)(NC(=O)Cn1cnc2sc3c(c2c1=O)CCC3)C1CC1. The molecule has 1 amide bonds. The van der Waals surface area contributed by atoms with Crippen LogP contribution in [0.15, 0.2) is 11.1 Å². The van der Waals surface area contributed by atoms with E-state index >= 15 is 0 Å². The number of nitriles is 1. The number of aryl methyl sites for hydroxylation is 2. The maximum Gasteiger partial charge on any atom is 0.262 e. The van der Waals surface area contributed by atoms with Crippen molar-refractivity contribution in [2.75, 3.05) is 0 Å².